The van der Waals surface area contributed by atoms with Crippen molar-refractivity contribution >= 4 is 17.5 Å². The molecule has 0 aliphatic carbocycles. The smallest absolute Gasteiger partial charge is 0.254 e. The van der Waals surface area contributed by atoms with Crippen LogP contribution in [0.2, 0.25) is 5.02 Å². The predicted octanol–water partition coefficient (Wildman–Crippen LogP) is 2.29. The predicted molar refractivity (Wildman–Crippen MR) is 115 cm³/mol. The molecule has 1 saturated heterocycles. The molecule has 0 atom stereocenters. The van der Waals surface area contributed by atoms with E-state index in [1.165, 1.54) is 0 Å². The van der Waals surface area contributed by atoms with Crippen LogP contribution in [-0.2, 0) is 6.54 Å². The maximum Gasteiger partial charge on any atom is 0.254 e. The van der Waals surface area contributed by atoms with E-state index < -0.39 is 0 Å². The SMILES string of the molecule is COc1cc(OC)cc(C(=O)N2CCN(Cc3nnnn3-c3ccc(Cl)cc3)CC2)c1. The van der Waals surface area contributed by atoms with Crippen LogP contribution >= 0.6 is 11.6 Å². The van der Waals surface area contributed by atoms with Crippen LogP contribution in [0.1, 0.15) is 16.2 Å². The Morgan fingerprint density at radius 3 is 2.26 bits per heavy atom. The molecule has 1 amide bonds. The number of amides is 1. The quantitative estimate of drug-likeness (QED) is 0.579. The minimum Gasteiger partial charge on any atom is -0.497 e. The molecule has 4 rings (SSSR count). The number of aromatic nitrogens is 4. The molecule has 0 unspecified atom stereocenters. The van der Waals surface area contributed by atoms with Crippen molar-refractivity contribution in [3.8, 4) is 17.2 Å². The number of rotatable bonds is 6. The zero-order chi connectivity index (χ0) is 21.8. The first-order chi connectivity index (χ1) is 15.1. The number of methoxy groups -OCH3 is 2. The minimum atomic E-state index is -0.0390. The highest BCUT2D eigenvalue weighted by Gasteiger charge is 2.24. The number of halogens is 1. The van der Waals surface area contributed by atoms with Crippen LogP contribution in [0.5, 0.6) is 11.5 Å². The summed E-state index contributed by atoms with van der Waals surface area (Å²) in [5.41, 5.74) is 1.40. The third-order valence-corrected chi connectivity index (χ3v) is 5.48. The van der Waals surface area contributed by atoms with E-state index in [-0.39, 0.29) is 5.91 Å². The summed E-state index contributed by atoms with van der Waals surface area (Å²) in [4.78, 5) is 17.0. The average molecular weight is 443 g/mol. The number of carbonyl (C=O) groups excluding carboxylic acids is 1. The van der Waals surface area contributed by atoms with Crippen molar-refractivity contribution in [1.82, 2.24) is 30.0 Å². The van der Waals surface area contributed by atoms with Gasteiger partial charge in [-0.15, -0.1) is 5.10 Å². The zero-order valence-corrected chi connectivity index (χ0v) is 18.1. The fraction of sp³-hybridized carbons (Fsp3) is 0.333. The Hall–Kier alpha value is -3.17. The van der Waals surface area contributed by atoms with Gasteiger partial charge in [-0.2, -0.15) is 4.68 Å². The van der Waals surface area contributed by atoms with E-state index in [2.05, 4.69) is 20.4 Å². The van der Waals surface area contributed by atoms with Crippen LogP contribution < -0.4 is 9.47 Å². The van der Waals surface area contributed by atoms with Crippen molar-refractivity contribution in [3.05, 3.63) is 58.9 Å². The average Bonchev–Trinajstić information content (AvgIpc) is 3.27. The largest absolute Gasteiger partial charge is 0.497 e. The van der Waals surface area contributed by atoms with Gasteiger partial charge in [0.05, 0.1) is 26.5 Å². The molecule has 9 nitrogen and oxygen atoms in total. The lowest BCUT2D eigenvalue weighted by Gasteiger charge is -2.34. The molecule has 31 heavy (non-hydrogen) atoms. The number of hydrogen-bond donors (Lipinski definition) is 0. The molecule has 0 bridgehead atoms. The van der Waals surface area contributed by atoms with E-state index in [9.17, 15) is 4.79 Å². The van der Waals surface area contributed by atoms with Crippen LogP contribution in [-0.4, -0.2) is 76.3 Å². The number of tetrazole rings is 1. The summed E-state index contributed by atoms with van der Waals surface area (Å²) in [6.07, 6.45) is 0. The molecule has 2 aromatic carbocycles. The molecule has 1 fully saturated rings. The van der Waals surface area contributed by atoms with Gasteiger partial charge < -0.3 is 14.4 Å². The second-order valence-electron chi connectivity index (χ2n) is 7.15. The highest BCUT2D eigenvalue weighted by atomic mass is 35.5. The summed E-state index contributed by atoms with van der Waals surface area (Å²) in [7, 11) is 3.14. The first-order valence-electron chi connectivity index (χ1n) is 9.85. The fourth-order valence-electron chi connectivity index (χ4n) is 3.51. The highest BCUT2D eigenvalue weighted by molar-refractivity contribution is 6.30. The first-order valence-corrected chi connectivity index (χ1v) is 10.2. The van der Waals surface area contributed by atoms with E-state index in [1.54, 1.807) is 49.2 Å². The van der Waals surface area contributed by atoms with Crippen molar-refractivity contribution in [2.24, 2.45) is 0 Å². The summed E-state index contributed by atoms with van der Waals surface area (Å²) >= 11 is 5.97. The molecule has 3 aromatic rings. The lowest BCUT2D eigenvalue weighted by molar-refractivity contribution is 0.0624. The van der Waals surface area contributed by atoms with E-state index in [1.807, 2.05) is 17.0 Å². The molecule has 0 N–H and O–H groups in total. The Kier molecular flexibility index (Phi) is 6.34. The molecular weight excluding hydrogens is 420 g/mol. The molecule has 1 aliphatic heterocycles. The van der Waals surface area contributed by atoms with Crippen LogP contribution in [0.4, 0.5) is 0 Å². The van der Waals surface area contributed by atoms with Crippen molar-refractivity contribution in [1.29, 1.82) is 0 Å². The van der Waals surface area contributed by atoms with Crippen LogP contribution in [0, 0.1) is 0 Å². The molecule has 2 heterocycles. The summed E-state index contributed by atoms with van der Waals surface area (Å²) in [6, 6.07) is 12.6. The zero-order valence-electron chi connectivity index (χ0n) is 17.4. The van der Waals surface area contributed by atoms with E-state index in [0.29, 0.717) is 41.7 Å². The second-order valence-corrected chi connectivity index (χ2v) is 7.59. The van der Waals surface area contributed by atoms with Gasteiger partial charge in [-0.25, -0.2) is 0 Å². The van der Waals surface area contributed by atoms with Gasteiger partial charge in [0, 0.05) is 42.8 Å². The molecule has 162 valence electrons. The summed E-state index contributed by atoms with van der Waals surface area (Å²) in [6.45, 7) is 3.26. The Labute approximate surface area is 185 Å². The molecular formula is C21H23ClN6O3. The van der Waals surface area contributed by atoms with Crippen molar-refractivity contribution in [2.45, 2.75) is 6.54 Å². The van der Waals surface area contributed by atoms with Gasteiger partial charge in [-0.05, 0) is 46.8 Å². The van der Waals surface area contributed by atoms with Gasteiger partial charge in [0.1, 0.15) is 11.5 Å². The van der Waals surface area contributed by atoms with Crippen molar-refractivity contribution in [3.63, 3.8) is 0 Å². The molecule has 1 aromatic heterocycles. The number of carbonyl (C=O) groups is 1. The van der Waals surface area contributed by atoms with Gasteiger partial charge in [-0.3, -0.25) is 9.69 Å². The Balaban J connectivity index is 1.39. The van der Waals surface area contributed by atoms with E-state index in [0.717, 1.165) is 24.6 Å². The number of piperazine rings is 1. The number of hydrogen-bond acceptors (Lipinski definition) is 7. The molecule has 0 radical (unpaired) electrons. The lowest BCUT2D eigenvalue weighted by atomic mass is 10.1. The van der Waals surface area contributed by atoms with E-state index >= 15 is 0 Å². The fourth-order valence-corrected chi connectivity index (χ4v) is 3.64. The maximum absolute atomic E-state index is 13.0. The second kappa shape index (κ2) is 9.32. The summed E-state index contributed by atoms with van der Waals surface area (Å²) < 4.78 is 12.3. The molecule has 10 heteroatoms. The van der Waals surface area contributed by atoms with Crippen LogP contribution in [0.3, 0.4) is 0 Å². The van der Waals surface area contributed by atoms with Gasteiger partial charge in [0.2, 0.25) is 0 Å². The number of ether oxygens (including phenoxy) is 2. The lowest BCUT2D eigenvalue weighted by Crippen LogP contribution is -2.48. The van der Waals surface area contributed by atoms with Crippen LogP contribution in [0.15, 0.2) is 42.5 Å². The maximum atomic E-state index is 13.0. The van der Waals surface area contributed by atoms with Gasteiger partial charge >= 0.3 is 0 Å². The van der Waals surface area contributed by atoms with Gasteiger partial charge in [0.15, 0.2) is 5.82 Å². The van der Waals surface area contributed by atoms with Gasteiger partial charge in [0.25, 0.3) is 5.91 Å². The highest BCUT2D eigenvalue weighted by Crippen LogP contribution is 2.24. The molecule has 0 saturated carbocycles. The summed E-state index contributed by atoms with van der Waals surface area (Å²) in [5.74, 6) is 1.88. The normalized spacial score (nSPS) is 14.5. The Morgan fingerprint density at radius 1 is 1.00 bits per heavy atom. The number of nitrogens with zero attached hydrogens (tertiary/aromatic N) is 6. The summed E-state index contributed by atoms with van der Waals surface area (Å²) in [5, 5.41) is 12.7. The monoisotopic (exact) mass is 442 g/mol. The Bertz CT molecular complexity index is 1030. The van der Waals surface area contributed by atoms with Crippen molar-refractivity contribution < 1.29 is 14.3 Å². The standard InChI is InChI=1S/C21H23ClN6O3/c1-30-18-11-15(12-19(13-18)31-2)21(29)27-9-7-26(8-10-27)14-20-23-24-25-28(20)17-5-3-16(22)4-6-17/h3-6,11-13H,7-10,14H2,1-2H3. The number of benzene rings is 2. The first kappa shape index (κ1) is 21.1. The van der Waals surface area contributed by atoms with E-state index in [4.69, 9.17) is 21.1 Å². The van der Waals surface area contributed by atoms with Crippen LogP contribution in [0.25, 0.3) is 5.69 Å². The molecule has 1 aliphatic rings. The third-order valence-electron chi connectivity index (χ3n) is 5.23. The Morgan fingerprint density at radius 2 is 1.65 bits per heavy atom. The topological polar surface area (TPSA) is 85.6 Å². The minimum absolute atomic E-state index is 0.0390. The molecule has 0 spiro atoms. The third kappa shape index (κ3) is 4.78. The van der Waals surface area contributed by atoms with Crippen molar-refractivity contribution in [2.75, 3.05) is 40.4 Å². The van der Waals surface area contributed by atoms with Gasteiger partial charge in [-0.1, -0.05) is 11.6 Å².